The first-order valence-corrected chi connectivity index (χ1v) is 9.93. The van der Waals surface area contributed by atoms with Crippen LogP contribution < -0.4 is 4.90 Å². The van der Waals surface area contributed by atoms with E-state index in [1.165, 1.54) is 30.5 Å². The summed E-state index contributed by atoms with van der Waals surface area (Å²) >= 11 is 0. The summed E-state index contributed by atoms with van der Waals surface area (Å²) in [5.41, 5.74) is 5.35. The maximum Gasteiger partial charge on any atom is 0.133 e. The lowest BCUT2D eigenvalue weighted by atomic mass is 9.89. The van der Waals surface area contributed by atoms with Crippen molar-refractivity contribution in [1.82, 2.24) is 15.2 Å². The first-order chi connectivity index (χ1) is 13.6. The van der Waals surface area contributed by atoms with Crippen molar-refractivity contribution in [3.63, 3.8) is 0 Å². The van der Waals surface area contributed by atoms with E-state index in [9.17, 15) is 4.39 Å². The Morgan fingerprint density at radius 3 is 2.54 bits per heavy atom. The Labute approximate surface area is 163 Å². The molecular weight excluding hydrogens is 351 g/mol. The number of nitrogens with one attached hydrogen (secondary N) is 1. The summed E-state index contributed by atoms with van der Waals surface area (Å²) in [5.74, 6) is 1.15. The molecular formula is C23H23FN4. The highest BCUT2D eigenvalue weighted by atomic mass is 19.1. The van der Waals surface area contributed by atoms with Gasteiger partial charge in [-0.3, -0.25) is 5.10 Å². The van der Waals surface area contributed by atoms with Crippen LogP contribution in [0.3, 0.4) is 0 Å². The van der Waals surface area contributed by atoms with Gasteiger partial charge >= 0.3 is 0 Å². The van der Waals surface area contributed by atoms with Crippen molar-refractivity contribution in [3.8, 4) is 11.1 Å². The third-order valence-electron chi connectivity index (χ3n) is 5.68. The Bertz CT molecular complexity index is 1150. The summed E-state index contributed by atoms with van der Waals surface area (Å²) in [6.07, 6.45) is 4.23. The van der Waals surface area contributed by atoms with Crippen LogP contribution >= 0.6 is 0 Å². The normalized spacial score (nSPS) is 14.6. The number of H-pyrrole nitrogens is 1. The summed E-state index contributed by atoms with van der Waals surface area (Å²) in [5, 5.41) is 9.38. The second-order valence-corrected chi connectivity index (χ2v) is 7.91. The molecule has 0 saturated carbocycles. The van der Waals surface area contributed by atoms with E-state index in [1.807, 2.05) is 18.3 Å². The minimum absolute atomic E-state index is 0.217. The van der Waals surface area contributed by atoms with Gasteiger partial charge in [0.05, 0.1) is 17.2 Å². The smallest absolute Gasteiger partial charge is 0.133 e. The van der Waals surface area contributed by atoms with Crippen LogP contribution in [0.2, 0.25) is 0 Å². The molecule has 0 bridgehead atoms. The van der Waals surface area contributed by atoms with Gasteiger partial charge in [0.15, 0.2) is 0 Å². The minimum Gasteiger partial charge on any atom is -0.356 e. The maximum atomic E-state index is 13.6. The Hall–Kier alpha value is -2.95. The minimum atomic E-state index is -0.217. The lowest BCUT2D eigenvalue weighted by Crippen LogP contribution is -2.21. The second-order valence-electron chi connectivity index (χ2n) is 7.91. The van der Waals surface area contributed by atoms with Crippen LogP contribution in [0.25, 0.3) is 32.9 Å². The number of benzene rings is 2. The first kappa shape index (κ1) is 17.2. The molecule has 5 rings (SSSR count). The molecule has 1 N–H and O–H groups in total. The predicted molar refractivity (Wildman–Crippen MR) is 112 cm³/mol. The molecule has 0 atom stereocenters. The summed E-state index contributed by atoms with van der Waals surface area (Å²) in [6, 6.07) is 11.1. The van der Waals surface area contributed by atoms with E-state index in [0.29, 0.717) is 5.92 Å². The van der Waals surface area contributed by atoms with Crippen LogP contribution in [0, 0.1) is 5.82 Å². The van der Waals surface area contributed by atoms with Crippen molar-refractivity contribution in [1.29, 1.82) is 0 Å². The van der Waals surface area contributed by atoms with Gasteiger partial charge in [0.1, 0.15) is 11.6 Å². The van der Waals surface area contributed by atoms with Gasteiger partial charge in [-0.05, 0) is 54.2 Å². The molecule has 2 aromatic carbocycles. The number of aromatic amines is 1. The number of pyridine rings is 1. The van der Waals surface area contributed by atoms with Gasteiger partial charge in [0.25, 0.3) is 0 Å². The third kappa shape index (κ3) is 2.73. The Kier molecular flexibility index (Phi) is 4.04. The molecule has 142 valence electrons. The molecule has 1 saturated heterocycles. The summed E-state index contributed by atoms with van der Waals surface area (Å²) < 4.78 is 13.6. The average molecular weight is 374 g/mol. The van der Waals surface area contributed by atoms with Crippen molar-refractivity contribution in [3.05, 3.63) is 54.0 Å². The SMILES string of the molecule is CC(C)c1c(N2CCCC2)nc2cc3[nH]ncc3cc2c1-c1ccc(F)cc1. The van der Waals surface area contributed by atoms with E-state index in [2.05, 4.69) is 41.1 Å². The van der Waals surface area contributed by atoms with Gasteiger partial charge in [0.2, 0.25) is 0 Å². The molecule has 3 heterocycles. The molecule has 4 nitrogen and oxygen atoms in total. The van der Waals surface area contributed by atoms with Gasteiger partial charge in [-0.1, -0.05) is 26.0 Å². The molecule has 0 radical (unpaired) electrons. The highest BCUT2D eigenvalue weighted by molar-refractivity contribution is 6.04. The fraction of sp³-hybridized carbons (Fsp3) is 0.304. The molecule has 1 fully saturated rings. The third-order valence-corrected chi connectivity index (χ3v) is 5.68. The molecule has 1 aliphatic rings. The van der Waals surface area contributed by atoms with Gasteiger partial charge < -0.3 is 4.90 Å². The molecule has 0 amide bonds. The van der Waals surface area contributed by atoms with Gasteiger partial charge in [-0.25, -0.2) is 9.37 Å². The van der Waals surface area contributed by atoms with Crippen molar-refractivity contribution in [2.24, 2.45) is 0 Å². The van der Waals surface area contributed by atoms with Gasteiger partial charge in [-0.15, -0.1) is 0 Å². The number of hydrogen-bond acceptors (Lipinski definition) is 3. The van der Waals surface area contributed by atoms with Gasteiger partial charge in [-0.2, -0.15) is 5.10 Å². The highest BCUT2D eigenvalue weighted by Crippen LogP contribution is 2.42. The molecule has 4 aromatic rings. The van der Waals surface area contributed by atoms with E-state index in [4.69, 9.17) is 4.98 Å². The van der Waals surface area contributed by atoms with Crippen LogP contribution in [-0.4, -0.2) is 28.3 Å². The van der Waals surface area contributed by atoms with E-state index in [1.54, 1.807) is 0 Å². The fourth-order valence-electron chi connectivity index (χ4n) is 4.35. The number of rotatable bonds is 3. The maximum absolute atomic E-state index is 13.6. The number of fused-ring (bicyclic) bond motifs is 2. The van der Waals surface area contributed by atoms with E-state index in [-0.39, 0.29) is 5.82 Å². The number of halogens is 1. The molecule has 5 heteroatoms. The van der Waals surface area contributed by atoms with Gasteiger partial charge in [0, 0.05) is 29.4 Å². The van der Waals surface area contributed by atoms with Crippen molar-refractivity contribution < 1.29 is 4.39 Å². The standard InChI is InChI=1S/C23H23FN4/c1-14(2)21-22(15-5-7-17(24)8-6-15)18-11-16-13-25-27-19(16)12-20(18)26-23(21)28-9-3-4-10-28/h5-8,11-14H,3-4,9-10H2,1-2H3,(H,25,27). The van der Waals surface area contributed by atoms with Crippen LogP contribution in [0.15, 0.2) is 42.6 Å². The Balaban J connectivity index is 1.90. The lowest BCUT2D eigenvalue weighted by molar-refractivity contribution is 0.628. The molecule has 0 unspecified atom stereocenters. The quantitative estimate of drug-likeness (QED) is 0.505. The Morgan fingerprint density at radius 1 is 1.07 bits per heavy atom. The molecule has 1 aliphatic heterocycles. The van der Waals surface area contributed by atoms with Crippen molar-refractivity contribution in [2.45, 2.75) is 32.6 Å². The van der Waals surface area contributed by atoms with Crippen LogP contribution in [0.4, 0.5) is 10.2 Å². The van der Waals surface area contributed by atoms with Crippen LogP contribution in [0.5, 0.6) is 0 Å². The zero-order chi connectivity index (χ0) is 19.3. The molecule has 2 aromatic heterocycles. The highest BCUT2D eigenvalue weighted by Gasteiger charge is 2.25. The topological polar surface area (TPSA) is 44.8 Å². The van der Waals surface area contributed by atoms with Crippen molar-refractivity contribution >= 4 is 27.6 Å². The lowest BCUT2D eigenvalue weighted by Gasteiger charge is -2.26. The zero-order valence-corrected chi connectivity index (χ0v) is 16.2. The second kappa shape index (κ2) is 6.59. The van der Waals surface area contributed by atoms with Crippen LogP contribution in [-0.2, 0) is 0 Å². The molecule has 0 aliphatic carbocycles. The number of anilines is 1. The Morgan fingerprint density at radius 2 is 1.82 bits per heavy atom. The van der Waals surface area contributed by atoms with E-state index in [0.717, 1.165) is 51.8 Å². The summed E-state index contributed by atoms with van der Waals surface area (Å²) in [6.45, 7) is 6.50. The first-order valence-electron chi connectivity index (χ1n) is 9.93. The number of nitrogens with zero attached hydrogens (tertiary/aromatic N) is 3. The largest absolute Gasteiger partial charge is 0.356 e. The summed E-state index contributed by atoms with van der Waals surface area (Å²) in [7, 11) is 0. The zero-order valence-electron chi connectivity index (χ0n) is 16.2. The molecule has 28 heavy (non-hydrogen) atoms. The summed E-state index contributed by atoms with van der Waals surface area (Å²) in [4.78, 5) is 7.52. The molecule has 0 spiro atoms. The van der Waals surface area contributed by atoms with E-state index >= 15 is 0 Å². The van der Waals surface area contributed by atoms with Crippen molar-refractivity contribution in [2.75, 3.05) is 18.0 Å². The monoisotopic (exact) mass is 374 g/mol. The predicted octanol–water partition coefficient (Wildman–Crippen LogP) is 5.64. The fourth-order valence-corrected chi connectivity index (χ4v) is 4.35. The number of aromatic nitrogens is 3. The van der Waals surface area contributed by atoms with Crippen LogP contribution in [0.1, 0.15) is 38.2 Å². The average Bonchev–Trinajstić information content (AvgIpc) is 3.37. The number of hydrogen-bond donors (Lipinski definition) is 1. The van der Waals surface area contributed by atoms with E-state index < -0.39 is 0 Å².